The Bertz CT molecular complexity index is 299. The van der Waals surface area contributed by atoms with E-state index in [0.29, 0.717) is 0 Å². The number of likely N-dealkylation sites (tertiary alicyclic amines) is 1. The predicted molar refractivity (Wildman–Crippen MR) is 64.2 cm³/mol. The van der Waals surface area contributed by atoms with Crippen molar-refractivity contribution in [1.82, 2.24) is 4.90 Å². The van der Waals surface area contributed by atoms with Crippen LogP contribution in [-0.2, 0) is 11.3 Å². The minimum absolute atomic E-state index is 0.0638. The van der Waals surface area contributed by atoms with Gasteiger partial charge in [-0.1, -0.05) is 0 Å². The van der Waals surface area contributed by atoms with Gasteiger partial charge in [-0.25, -0.2) is 0 Å². The van der Waals surface area contributed by atoms with Crippen molar-refractivity contribution in [3.8, 4) is 0 Å². The predicted octanol–water partition coefficient (Wildman–Crippen LogP) is 2.75. The summed E-state index contributed by atoms with van der Waals surface area (Å²) < 4.78 is 5.59. The molecule has 1 atom stereocenters. The van der Waals surface area contributed by atoms with E-state index in [1.54, 1.807) is 11.3 Å². The van der Waals surface area contributed by atoms with Gasteiger partial charge < -0.3 is 4.74 Å². The fraction of sp³-hybridized carbons (Fsp3) is 0.667. The third-order valence-corrected chi connectivity index (χ3v) is 3.95. The number of piperidine rings is 1. The van der Waals surface area contributed by atoms with Gasteiger partial charge in [0, 0.05) is 20.2 Å². The molecule has 1 unspecified atom stereocenters. The van der Waals surface area contributed by atoms with Gasteiger partial charge in [0.25, 0.3) is 0 Å². The second-order valence-corrected chi connectivity index (χ2v) is 5.38. The van der Waals surface area contributed by atoms with Crippen molar-refractivity contribution in [2.75, 3.05) is 20.2 Å². The minimum Gasteiger partial charge on any atom is -0.377 e. The first-order valence-corrected chi connectivity index (χ1v) is 6.45. The van der Waals surface area contributed by atoms with Crippen molar-refractivity contribution < 1.29 is 4.74 Å². The summed E-state index contributed by atoms with van der Waals surface area (Å²) >= 11 is 1.78. The van der Waals surface area contributed by atoms with Crippen molar-refractivity contribution >= 4 is 11.3 Å². The molecule has 84 valence electrons. The van der Waals surface area contributed by atoms with Crippen LogP contribution in [0, 0.1) is 0 Å². The van der Waals surface area contributed by atoms with Gasteiger partial charge in [-0.2, -0.15) is 11.3 Å². The van der Waals surface area contributed by atoms with Gasteiger partial charge in [-0.3, -0.25) is 4.90 Å². The lowest BCUT2D eigenvalue weighted by Crippen LogP contribution is -2.46. The maximum absolute atomic E-state index is 5.59. The molecule has 1 aromatic rings. The Morgan fingerprint density at radius 1 is 1.60 bits per heavy atom. The number of thiophene rings is 1. The first-order chi connectivity index (χ1) is 7.22. The Hall–Kier alpha value is -0.380. The van der Waals surface area contributed by atoms with Gasteiger partial charge in [0.05, 0.1) is 5.60 Å². The molecule has 2 rings (SSSR count). The zero-order valence-electron chi connectivity index (χ0n) is 9.53. The summed E-state index contributed by atoms with van der Waals surface area (Å²) in [7, 11) is 1.83. The maximum Gasteiger partial charge on any atom is 0.0777 e. The lowest BCUT2D eigenvalue weighted by atomic mass is 9.94. The molecule has 0 spiro atoms. The highest BCUT2D eigenvalue weighted by atomic mass is 32.1. The standard InChI is InChI=1S/C12H19NOS/c1-12(14-2)5-3-6-13(10-12)8-11-4-7-15-9-11/h4,7,9H,3,5-6,8,10H2,1-2H3. The van der Waals surface area contributed by atoms with E-state index in [1.165, 1.54) is 24.9 Å². The van der Waals surface area contributed by atoms with Gasteiger partial charge in [0.15, 0.2) is 0 Å². The first kappa shape index (κ1) is 11.1. The van der Waals surface area contributed by atoms with Crippen LogP contribution in [0.15, 0.2) is 16.8 Å². The fourth-order valence-corrected chi connectivity index (χ4v) is 2.91. The fourth-order valence-electron chi connectivity index (χ4n) is 2.25. The van der Waals surface area contributed by atoms with E-state index in [-0.39, 0.29) is 5.60 Å². The largest absolute Gasteiger partial charge is 0.377 e. The molecule has 2 heterocycles. The molecule has 0 bridgehead atoms. The number of methoxy groups -OCH3 is 1. The number of nitrogens with zero attached hydrogens (tertiary/aromatic N) is 1. The summed E-state index contributed by atoms with van der Waals surface area (Å²) in [6.45, 7) is 5.55. The van der Waals surface area contributed by atoms with E-state index < -0.39 is 0 Å². The van der Waals surface area contributed by atoms with Crippen LogP contribution in [0.3, 0.4) is 0 Å². The lowest BCUT2D eigenvalue weighted by molar-refractivity contribution is -0.0526. The summed E-state index contributed by atoms with van der Waals surface area (Å²) in [6.07, 6.45) is 2.43. The van der Waals surface area contributed by atoms with Crippen molar-refractivity contribution in [2.45, 2.75) is 31.9 Å². The highest BCUT2D eigenvalue weighted by molar-refractivity contribution is 7.07. The third-order valence-electron chi connectivity index (χ3n) is 3.22. The first-order valence-electron chi connectivity index (χ1n) is 5.50. The Labute approximate surface area is 95.9 Å². The number of rotatable bonds is 3. The van der Waals surface area contributed by atoms with Gasteiger partial charge in [0.1, 0.15) is 0 Å². The highest BCUT2D eigenvalue weighted by Crippen LogP contribution is 2.25. The van der Waals surface area contributed by atoms with Gasteiger partial charge in [0.2, 0.25) is 0 Å². The van der Waals surface area contributed by atoms with Crippen molar-refractivity contribution in [1.29, 1.82) is 0 Å². The summed E-state index contributed by atoms with van der Waals surface area (Å²) in [5, 5.41) is 4.38. The Balaban J connectivity index is 1.93. The molecule has 2 nitrogen and oxygen atoms in total. The second kappa shape index (κ2) is 4.64. The van der Waals surface area contributed by atoms with Gasteiger partial charge >= 0.3 is 0 Å². The normalized spacial score (nSPS) is 28.1. The van der Waals surface area contributed by atoms with E-state index in [0.717, 1.165) is 13.1 Å². The van der Waals surface area contributed by atoms with E-state index in [2.05, 4.69) is 28.7 Å². The Morgan fingerprint density at radius 2 is 2.47 bits per heavy atom. The number of ether oxygens (including phenoxy) is 1. The van der Waals surface area contributed by atoms with Crippen LogP contribution in [0.1, 0.15) is 25.3 Å². The van der Waals surface area contributed by atoms with Crippen LogP contribution in [0.4, 0.5) is 0 Å². The molecule has 1 fully saturated rings. The van der Waals surface area contributed by atoms with Crippen LogP contribution >= 0.6 is 11.3 Å². The van der Waals surface area contributed by atoms with Gasteiger partial charge in [-0.05, 0) is 48.7 Å². The highest BCUT2D eigenvalue weighted by Gasteiger charge is 2.30. The second-order valence-electron chi connectivity index (χ2n) is 4.60. The summed E-state index contributed by atoms with van der Waals surface area (Å²) in [5.41, 5.74) is 1.49. The smallest absolute Gasteiger partial charge is 0.0777 e. The van der Waals surface area contributed by atoms with Crippen LogP contribution < -0.4 is 0 Å². The average Bonchev–Trinajstić information content (AvgIpc) is 2.71. The molecule has 0 amide bonds. The molecule has 0 aromatic carbocycles. The van der Waals surface area contributed by atoms with Crippen LogP contribution in [0.25, 0.3) is 0 Å². The zero-order valence-corrected chi connectivity index (χ0v) is 10.3. The molecule has 0 saturated carbocycles. The molecule has 15 heavy (non-hydrogen) atoms. The Morgan fingerprint density at radius 3 is 3.13 bits per heavy atom. The van der Waals surface area contributed by atoms with E-state index in [4.69, 9.17) is 4.74 Å². The number of hydrogen-bond donors (Lipinski definition) is 0. The number of hydrogen-bond acceptors (Lipinski definition) is 3. The third kappa shape index (κ3) is 2.80. The summed E-state index contributed by atoms with van der Waals surface area (Å²) in [4.78, 5) is 2.50. The molecule has 1 aliphatic heterocycles. The monoisotopic (exact) mass is 225 g/mol. The zero-order chi connectivity index (χ0) is 10.7. The molecule has 3 heteroatoms. The molecular weight excluding hydrogens is 206 g/mol. The molecule has 0 N–H and O–H groups in total. The summed E-state index contributed by atoms with van der Waals surface area (Å²) in [5.74, 6) is 0. The van der Waals surface area contributed by atoms with Crippen molar-refractivity contribution in [3.63, 3.8) is 0 Å². The SMILES string of the molecule is COC1(C)CCCN(Cc2ccsc2)C1. The minimum atomic E-state index is 0.0638. The van der Waals surface area contributed by atoms with E-state index >= 15 is 0 Å². The van der Waals surface area contributed by atoms with Crippen LogP contribution in [0.5, 0.6) is 0 Å². The van der Waals surface area contributed by atoms with Crippen molar-refractivity contribution in [3.05, 3.63) is 22.4 Å². The molecule has 1 saturated heterocycles. The summed E-state index contributed by atoms with van der Waals surface area (Å²) in [6, 6.07) is 2.21. The molecule has 1 aromatic heterocycles. The molecule has 0 radical (unpaired) electrons. The Kier molecular flexibility index (Phi) is 3.44. The van der Waals surface area contributed by atoms with Crippen molar-refractivity contribution in [2.24, 2.45) is 0 Å². The molecule has 0 aliphatic carbocycles. The quantitative estimate of drug-likeness (QED) is 0.784. The molecular formula is C12H19NOS. The average molecular weight is 225 g/mol. The maximum atomic E-state index is 5.59. The lowest BCUT2D eigenvalue weighted by Gasteiger charge is -2.39. The van der Waals surface area contributed by atoms with E-state index in [1.807, 2.05) is 7.11 Å². The molecule has 1 aliphatic rings. The van der Waals surface area contributed by atoms with Crippen LogP contribution in [0.2, 0.25) is 0 Å². The van der Waals surface area contributed by atoms with Gasteiger partial charge in [-0.15, -0.1) is 0 Å². The van der Waals surface area contributed by atoms with Crippen LogP contribution in [-0.4, -0.2) is 30.7 Å². The van der Waals surface area contributed by atoms with E-state index in [9.17, 15) is 0 Å². The topological polar surface area (TPSA) is 12.5 Å².